The Morgan fingerprint density at radius 1 is 1.25 bits per heavy atom. The van der Waals surface area contributed by atoms with E-state index in [0.717, 1.165) is 5.56 Å². The molecule has 0 aliphatic heterocycles. The van der Waals surface area contributed by atoms with Gasteiger partial charge >= 0.3 is 6.18 Å². The minimum Gasteiger partial charge on any atom is -0.484 e. The smallest absolute Gasteiger partial charge is 0.422 e. The molecule has 0 atom stereocenters. The van der Waals surface area contributed by atoms with Gasteiger partial charge in [-0.15, -0.1) is 0 Å². The number of alkyl halides is 3. The van der Waals surface area contributed by atoms with E-state index in [0.29, 0.717) is 0 Å². The number of halogens is 3. The molecule has 4 nitrogen and oxygen atoms in total. The first-order valence-electron chi connectivity index (χ1n) is 5.93. The summed E-state index contributed by atoms with van der Waals surface area (Å²) in [6.07, 6.45) is -4.36. The van der Waals surface area contributed by atoms with Gasteiger partial charge in [0.05, 0.1) is 5.54 Å². The fraction of sp³-hybridized carbons (Fsp3) is 0.462. The number of hydrogen-bond donors (Lipinski definition) is 2. The van der Waals surface area contributed by atoms with Crippen LogP contribution in [0.1, 0.15) is 19.4 Å². The van der Waals surface area contributed by atoms with Gasteiger partial charge in [-0.25, -0.2) is 0 Å². The average Bonchev–Trinajstić information content (AvgIpc) is 2.32. The van der Waals surface area contributed by atoms with Crippen molar-refractivity contribution in [2.75, 3.05) is 6.61 Å². The average molecular weight is 290 g/mol. The van der Waals surface area contributed by atoms with E-state index in [1.807, 2.05) is 0 Å². The molecule has 0 heterocycles. The summed E-state index contributed by atoms with van der Waals surface area (Å²) in [4.78, 5) is 11.5. The predicted octanol–water partition coefficient (Wildman–Crippen LogP) is 1.98. The molecule has 1 amide bonds. The Hall–Kier alpha value is -1.76. The van der Waals surface area contributed by atoms with E-state index in [2.05, 4.69) is 10.1 Å². The van der Waals surface area contributed by atoms with Crippen molar-refractivity contribution in [2.24, 2.45) is 5.73 Å². The summed E-state index contributed by atoms with van der Waals surface area (Å²) in [6.45, 7) is 2.08. The first kappa shape index (κ1) is 16.3. The van der Waals surface area contributed by atoms with Crippen LogP contribution in [0.2, 0.25) is 0 Å². The van der Waals surface area contributed by atoms with Gasteiger partial charge in [0.15, 0.2) is 6.61 Å². The van der Waals surface area contributed by atoms with Gasteiger partial charge in [0.25, 0.3) is 0 Å². The third-order valence-electron chi connectivity index (χ3n) is 2.36. The van der Waals surface area contributed by atoms with Crippen molar-refractivity contribution in [3.63, 3.8) is 0 Å². The van der Waals surface area contributed by atoms with Crippen LogP contribution in [0, 0.1) is 0 Å². The zero-order chi connectivity index (χ0) is 15.4. The van der Waals surface area contributed by atoms with E-state index in [9.17, 15) is 18.0 Å². The largest absolute Gasteiger partial charge is 0.484 e. The molecular formula is C13H17F3N2O2. The second-order valence-electron chi connectivity index (χ2n) is 4.95. The minimum absolute atomic E-state index is 0.122. The van der Waals surface area contributed by atoms with Gasteiger partial charge in [-0.05, 0) is 31.5 Å². The number of ether oxygens (including phenoxy) is 1. The highest BCUT2D eigenvalue weighted by Crippen LogP contribution is 2.18. The van der Waals surface area contributed by atoms with E-state index in [-0.39, 0.29) is 18.2 Å². The molecule has 7 heteroatoms. The Labute approximate surface area is 115 Å². The maximum Gasteiger partial charge on any atom is 0.422 e. The maximum absolute atomic E-state index is 12.0. The number of amides is 1. The fourth-order valence-electron chi connectivity index (χ4n) is 1.28. The molecule has 1 rings (SSSR count). The molecule has 0 aliphatic rings. The number of nitrogens with two attached hydrogens (primary N) is 1. The Morgan fingerprint density at radius 3 is 2.25 bits per heavy atom. The van der Waals surface area contributed by atoms with E-state index >= 15 is 0 Å². The van der Waals surface area contributed by atoms with Gasteiger partial charge < -0.3 is 15.8 Å². The lowest BCUT2D eigenvalue weighted by atomic mass is 10.1. The summed E-state index contributed by atoms with van der Waals surface area (Å²) in [5.74, 6) is -0.188. The van der Waals surface area contributed by atoms with Crippen molar-refractivity contribution < 1.29 is 22.7 Å². The van der Waals surface area contributed by atoms with Gasteiger partial charge in [-0.3, -0.25) is 4.79 Å². The van der Waals surface area contributed by atoms with E-state index in [1.165, 1.54) is 12.1 Å². The molecule has 0 fully saturated rings. The highest BCUT2D eigenvalue weighted by atomic mass is 19.4. The second kappa shape index (κ2) is 6.13. The zero-order valence-corrected chi connectivity index (χ0v) is 11.3. The van der Waals surface area contributed by atoms with Crippen LogP contribution in [0.15, 0.2) is 24.3 Å². The number of rotatable bonds is 5. The molecular weight excluding hydrogens is 273 g/mol. The molecule has 1 aromatic rings. The van der Waals surface area contributed by atoms with Gasteiger partial charge in [0, 0.05) is 6.54 Å². The Kier molecular flexibility index (Phi) is 4.99. The first-order chi connectivity index (χ1) is 9.08. The minimum atomic E-state index is -4.36. The summed E-state index contributed by atoms with van der Waals surface area (Å²) in [7, 11) is 0. The van der Waals surface area contributed by atoms with Crippen LogP contribution in [-0.2, 0) is 11.3 Å². The lowest BCUT2D eigenvalue weighted by Crippen LogP contribution is -2.48. The van der Waals surface area contributed by atoms with Crippen LogP contribution in [0.5, 0.6) is 5.75 Å². The molecule has 0 bridgehead atoms. The van der Waals surface area contributed by atoms with Crippen molar-refractivity contribution in [2.45, 2.75) is 32.1 Å². The molecule has 112 valence electrons. The van der Waals surface area contributed by atoms with Crippen LogP contribution in [-0.4, -0.2) is 24.2 Å². The van der Waals surface area contributed by atoms with Crippen molar-refractivity contribution >= 4 is 5.91 Å². The lowest BCUT2D eigenvalue weighted by Gasteiger charge is -2.17. The van der Waals surface area contributed by atoms with Gasteiger partial charge in [-0.1, -0.05) is 12.1 Å². The molecule has 0 radical (unpaired) electrons. The quantitative estimate of drug-likeness (QED) is 0.871. The summed E-state index contributed by atoms with van der Waals surface area (Å²) in [5.41, 5.74) is 5.37. The van der Waals surface area contributed by atoms with Crippen molar-refractivity contribution in [1.82, 2.24) is 5.32 Å². The normalized spacial score (nSPS) is 12.1. The lowest BCUT2D eigenvalue weighted by molar-refractivity contribution is -0.153. The van der Waals surface area contributed by atoms with Crippen LogP contribution in [0.25, 0.3) is 0 Å². The van der Waals surface area contributed by atoms with Crippen LogP contribution in [0.4, 0.5) is 13.2 Å². The van der Waals surface area contributed by atoms with Crippen molar-refractivity contribution in [3.8, 4) is 5.75 Å². The van der Waals surface area contributed by atoms with E-state index in [1.54, 1.807) is 26.0 Å². The predicted molar refractivity (Wildman–Crippen MR) is 68.1 cm³/mol. The molecule has 0 aliphatic carbocycles. The summed E-state index contributed by atoms with van der Waals surface area (Å²) in [6, 6.07) is 5.99. The van der Waals surface area contributed by atoms with E-state index < -0.39 is 18.3 Å². The van der Waals surface area contributed by atoms with Gasteiger partial charge in [0.1, 0.15) is 5.75 Å². The van der Waals surface area contributed by atoms with Crippen LogP contribution >= 0.6 is 0 Å². The number of carbonyl (C=O) groups is 1. The summed E-state index contributed by atoms with van der Waals surface area (Å²) < 4.78 is 40.4. The van der Waals surface area contributed by atoms with Crippen LogP contribution < -0.4 is 15.8 Å². The molecule has 0 spiro atoms. The molecule has 0 aromatic heterocycles. The van der Waals surface area contributed by atoms with Gasteiger partial charge in [-0.2, -0.15) is 13.2 Å². The Bertz CT molecular complexity index is 450. The maximum atomic E-state index is 12.0. The molecule has 3 N–H and O–H groups in total. The number of hydrogen-bond acceptors (Lipinski definition) is 3. The first-order valence-corrected chi connectivity index (χ1v) is 5.93. The summed E-state index contributed by atoms with van der Waals surface area (Å²) >= 11 is 0. The summed E-state index contributed by atoms with van der Waals surface area (Å²) in [5, 5.41) is 2.63. The van der Waals surface area contributed by atoms with Gasteiger partial charge in [0.2, 0.25) is 5.91 Å². The molecule has 0 saturated heterocycles. The fourth-order valence-corrected chi connectivity index (χ4v) is 1.28. The Balaban J connectivity index is 2.49. The van der Waals surface area contributed by atoms with E-state index in [4.69, 9.17) is 5.73 Å². The number of carbonyl (C=O) groups excluding carboxylic acids is 1. The molecule has 1 aromatic carbocycles. The standard InChI is InChI=1S/C13H17F3N2O2/c1-12(2,17)11(19)18-7-9-3-5-10(6-4-9)20-8-13(14,15)16/h3-6H,7-8,17H2,1-2H3,(H,18,19). The monoisotopic (exact) mass is 290 g/mol. The van der Waals surface area contributed by atoms with Crippen molar-refractivity contribution in [3.05, 3.63) is 29.8 Å². The highest BCUT2D eigenvalue weighted by molar-refractivity contribution is 5.84. The number of nitrogens with one attached hydrogen (secondary N) is 1. The molecule has 0 unspecified atom stereocenters. The topological polar surface area (TPSA) is 64.4 Å². The molecule has 0 saturated carbocycles. The highest BCUT2D eigenvalue weighted by Gasteiger charge is 2.28. The SMILES string of the molecule is CC(C)(N)C(=O)NCc1ccc(OCC(F)(F)F)cc1. The second-order valence-corrected chi connectivity index (χ2v) is 4.95. The molecule has 20 heavy (non-hydrogen) atoms. The zero-order valence-electron chi connectivity index (χ0n) is 11.3. The van der Waals surface area contributed by atoms with Crippen LogP contribution in [0.3, 0.4) is 0 Å². The van der Waals surface area contributed by atoms with Crippen molar-refractivity contribution in [1.29, 1.82) is 0 Å². The third kappa shape index (κ3) is 5.92. The third-order valence-corrected chi connectivity index (χ3v) is 2.36. The Morgan fingerprint density at radius 2 is 1.80 bits per heavy atom. The number of benzene rings is 1.